The fourth-order valence-electron chi connectivity index (χ4n) is 2.91. The molecule has 1 atom stereocenters. The lowest BCUT2D eigenvalue weighted by Crippen LogP contribution is -2.54. The Morgan fingerprint density at radius 3 is 2.32 bits per heavy atom. The Morgan fingerprint density at radius 1 is 1.16 bits per heavy atom. The normalized spacial score (nSPS) is 19.4. The van der Waals surface area contributed by atoms with E-state index < -0.39 is 0 Å². The predicted molar refractivity (Wildman–Crippen MR) is 79.4 cm³/mol. The second-order valence-corrected chi connectivity index (χ2v) is 6.03. The monoisotopic (exact) mass is 272 g/mol. The molecule has 1 fully saturated rings. The van der Waals surface area contributed by atoms with Crippen molar-refractivity contribution >= 4 is 0 Å². The first-order chi connectivity index (χ1) is 9.16. The first-order valence-electron chi connectivity index (χ1n) is 7.59. The van der Waals surface area contributed by atoms with Crippen LogP contribution in [0.1, 0.15) is 39.0 Å². The van der Waals surface area contributed by atoms with Crippen molar-refractivity contribution in [3.63, 3.8) is 0 Å². The number of ether oxygens (including phenoxy) is 2. The van der Waals surface area contributed by atoms with Gasteiger partial charge in [0.25, 0.3) is 0 Å². The van der Waals surface area contributed by atoms with Crippen molar-refractivity contribution in [2.24, 2.45) is 11.7 Å². The molecule has 1 aliphatic carbocycles. The Morgan fingerprint density at radius 2 is 1.84 bits per heavy atom. The standard InChI is InChI=1S/C15H32N2O2/c1-15(13-16,12-14-6-4-7-14)17(9-11-19-3)8-5-10-18-2/h14H,4-13,16H2,1-3H3. The summed E-state index contributed by atoms with van der Waals surface area (Å²) in [6.07, 6.45) is 6.44. The van der Waals surface area contributed by atoms with E-state index in [9.17, 15) is 0 Å². The molecule has 0 aromatic carbocycles. The smallest absolute Gasteiger partial charge is 0.0589 e. The molecule has 0 radical (unpaired) electrons. The molecule has 0 amide bonds. The van der Waals surface area contributed by atoms with Crippen LogP contribution in [-0.2, 0) is 9.47 Å². The Kier molecular flexibility index (Phi) is 7.91. The van der Waals surface area contributed by atoms with E-state index in [2.05, 4.69) is 11.8 Å². The molecule has 0 aliphatic heterocycles. The van der Waals surface area contributed by atoms with E-state index in [1.54, 1.807) is 14.2 Å². The van der Waals surface area contributed by atoms with Crippen LogP contribution in [0.25, 0.3) is 0 Å². The van der Waals surface area contributed by atoms with Crippen LogP contribution < -0.4 is 5.73 Å². The van der Waals surface area contributed by atoms with Crippen LogP contribution >= 0.6 is 0 Å². The maximum Gasteiger partial charge on any atom is 0.0589 e. The quantitative estimate of drug-likeness (QED) is 0.583. The molecule has 0 saturated heterocycles. The molecular weight excluding hydrogens is 240 g/mol. The van der Waals surface area contributed by atoms with Gasteiger partial charge in [0.1, 0.15) is 0 Å². The fraction of sp³-hybridized carbons (Fsp3) is 1.00. The van der Waals surface area contributed by atoms with Gasteiger partial charge in [-0.2, -0.15) is 0 Å². The van der Waals surface area contributed by atoms with Crippen molar-refractivity contribution in [1.29, 1.82) is 0 Å². The van der Waals surface area contributed by atoms with Crippen molar-refractivity contribution in [2.75, 3.05) is 47.1 Å². The minimum absolute atomic E-state index is 0.108. The average Bonchev–Trinajstić information content (AvgIpc) is 2.38. The van der Waals surface area contributed by atoms with Crippen LogP contribution in [0.4, 0.5) is 0 Å². The van der Waals surface area contributed by atoms with Gasteiger partial charge in [0.05, 0.1) is 6.61 Å². The van der Waals surface area contributed by atoms with Gasteiger partial charge in [-0.25, -0.2) is 0 Å². The topological polar surface area (TPSA) is 47.7 Å². The van der Waals surface area contributed by atoms with Gasteiger partial charge >= 0.3 is 0 Å². The second kappa shape index (κ2) is 8.90. The zero-order valence-corrected chi connectivity index (χ0v) is 13.0. The van der Waals surface area contributed by atoms with Gasteiger partial charge < -0.3 is 15.2 Å². The molecule has 1 aliphatic rings. The summed E-state index contributed by atoms with van der Waals surface area (Å²) in [5, 5.41) is 0. The fourth-order valence-corrected chi connectivity index (χ4v) is 2.91. The van der Waals surface area contributed by atoms with Gasteiger partial charge in [-0.1, -0.05) is 19.3 Å². The molecule has 0 spiro atoms. The van der Waals surface area contributed by atoms with Crippen molar-refractivity contribution in [1.82, 2.24) is 4.90 Å². The zero-order valence-electron chi connectivity index (χ0n) is 13.0. The molecule has 0 aromatic rings. The Labute approximate surface area is 118 Å². The Bertz CT molecular complexity index is 234. The van der Waals surface area contributed by atoms with Crippen molar-refractivity contribution < 1.29 is 9.47 Å². The summed E-state index contributed by atoms with van der Waals surface area (Å²) in [7, 11) is 3.52. The van der Waals surface area contributed by atoms with Crippen LogP contribution in [0.3, 0.4) is 0 Å². The average molecular weight is 272 g/mol. The summed E-state index contributed by atoms with van der Waals surface area (Å²) in [6.45, 7) is 6.62. The summed E-state index contributed by atoms with van der Waals surface area (Å²) in [5.41, 5.74) is 6.21. The van der Waals surface area contributed by atoms with Crippen LogP contribution in [0.2, 0.25) is 0 Å². The molecule has 0 bridgehead atoms. The summed E-state index contributed by atoms with van der Waals surface area (Å²) < 4.78 is 10.4. The van der Waals surface area contributed by atoms with E-state index in [-0.39, 0.29) is 5.54 Å². The minimum atomic E-state index is 0.108. The predicted octanol–water partition coefficient (Wildman–Crippen LogP) is 1.88. The SMILES string of the molecule is COCCCN(CCOC)C(C)(CN)CC1CCC1. The number of hydrogen-bond donors (Lipinski definition) is 1. The molecule has 4 heteroatoms. The van der Waals surface area contributed by atoms with Gasteiger partial charge in [-0.15, -0.1) is 0 Å². The largest absolute Gasteiger partial charge is 0.385 e. The number of nitrogens with zero attached hydrogens (tertiary/aromatic N) is 1. The third-order valence-electron chi connectivity index (χ3n) is 4.50. The molecule has 1 unspecified atom stereocenters. The van der Waals surface area contributed by atoms with E-state index in [1.165, 1.54) is 25.7 Å². The van der Waals surface area contributed by atoms with Gasteiger partial charge in [0, 0.05) is 46.0 Å². The Balaban J connectivity index is 2.54. The summed E-state index contributed by atoms with van der Waals surface area (Å²) in [6, 6.07) is 0. The van der Waals surface area contributed by atoms with E-state index >= 15 is 0 Å². The van der Waals surface area contributed by atoms with Crippen LogP contribution in [0.15, 0.2) is 0 Å². The van der Waals surface area contributed by atoms with Crippen LogP contribution in [-0.4, -0.2) is 57.5 Å². The summed E-state index contributed by atoms with van der Waals surface area (Å²) in [4.78, 5) is 2.51. The van der Waals surface area contributed by atoms with E-state index in [0.717, 1.165) is 45.2 Å². The van der Waals surface area contributed by atoms with E-state index in [4.69, 9.17) is 15.2 Å². The zero-order chi connectivity index (χ0) is 14.1. The highest BCUT2D eigenvalue weighted by Gasteiger charge is 2.34. The van der Waals surface area contributed by atoms with Gasteiger partial charge in [0.15, 0.2) is 0 Å². The molecular formula is C15H32N2O2. The summed E-state index contributed by atoms with van der Waals surface area (Å²) in [5.74, 6) is 0.876. The van der Waals surface area contributed by atoms with E-state index in [1.807, 2.05) is 0 Å². The highest BCUT2D eigenvalue weighted by molar-refractivity contribution is 4.91. The first kappa shape index (κ1) is 16.9. The maximum atomic E-state index is 6.10. The first-order valence-corrected chi connectivity index (χ1v) is 7.59. The van der Waals surface area contributed by atoms with Gasteiger partial charge in [-0.3, -0.25) is 4.90 Å². The third-order valence-corrected chi connectivity index (χ3v) is 4.50. The maximum absolute atomic E-state index is 6.10. The molecule has 0 heterocycles. The number of rotatable bonds is 11. The van der Waals surface area contributed by atoms with Gasteiger partial charge in [-0.05, 0) is 25.7 Å². The molecule has 2 N–H and O–H groups in total. The van der Waals surface area contributed by atoms with Crippen LogP contribution in [0, 0.1) is 5.92 Å². The molecule has 0 aromatic heterocycles. The molecule has 114 valence electrons. The highest BCUT2D eigenvalue weighted by atomic mass is 16.5. The molecule has 1 saturated carbocycles. The lowest BCUT2D eigenvalue weighted by molar-refractivity contribution is 0.0368. The Hall–Kier alpha value is -0.160. The van der Waals surface area contributed by atoms with Crippen molar-refractivity contribution in [3.8, 4) is 0 Å². The second-order valence-electron chi connectivity index (χ2n) is 6.03. The number of hydrogen-bond acceptors (Lipinski definition) is 4. The molecule has 19 heavy (non-hydrogen) atoms. The number of methoxy groups -OCH3 is 2. The minimum Gasteiger partial charge on any atom is -0.385 e. The molecule has 1 rings (SSSR count). The number of nitrogens with two attached hydrogens (primary N) is 1. The third kappa shape index (κ3) is 5.38. The van der Waals surface area contributed by atoms with Crippen molar-refractivity contribution in [2.45, 2.75) is 44.6 Å². The lowest BCUT2D eigenvalue weighted by Gasteiger charge is -2.44. The highest BCUT2D eigenvalue weighted by Crippen LogP contribution is 2.35. The van der Waals surface area contributed by atoms with E-state index in [0.29, 0.717) is 0 Å². The summed E-state index contributed by atoms with van der Waals surface area (Å²) >= 11 is 0. The molecule has 4 nitrogen and oxygen atoms in total. The van der Waals surface area contributed by atoms with Crippen molar-refractivity contribution in [3.05, 3.63) is 0 Å². The lowest BCUT2D eigenvalue weighted by atomic mass is 9.76. The van der Waals surface area contributed by atoms with Crippen LogP contribution in [0.5, 0.6) is 0 Å². The van der Waals surface area contributed by atoms with Gasteiger partial charge in [0.2, 0.25) is 0 Å².